The standard InChI is InChI=1S/C18H15FN4O3/c19-14-7-2-1-4-12(14)9-20-16(24)11-5-3-6-13(8-11)22-17(25)15-10-21-18(26)23-15/h1-8,10H,9H2,(H,20,24)(H,22,25)(H2,21,23,26). The Morgan fingerprint density at radius 1 is 1.04 bits per heavy atom. The lowest BCUT2D eigenvalue weighted by Crippen LogP contribution is -2.23. The van der Waals surface area contributed by atoms with Crippen molar-refractivity contribution in [3.63, 3.8) is 0 Å². The zero-order chi connectivity index (χ0) is 18.5. The van der Waals surface area contributed by atoms with Gasteiger partial charge in [-0.3, -0.25) is 9.59 Å². The summed E-state index contributed by atoms with van der Waals surface area (Å²) in [5.41, 5.74) is 0.653. The first kappa shape index (κ1) is 17.2. The van der Waals surface area contributed by atoms with Gasteiger partial charge in [0, 0.05) is 29.6 Å². The molecule has 2 amide bonds. The molecule has 0 radical (unpaired) electrons. The van der Waals surface area contributed by atoms with Crippen molar-refractivity contribution >= 4 is 17.5 Å². The van der Waals surface area contributed by atoms with Gasteiger partial charge in [0.25, 0.3) is 11.8 Å². The van der Waals surface area contributed by atoms with E-state index in [0.717, 1.165) is 0 Å². The minimum Gasteiger partial charge on any atom is -0.348 e. The number of H-pyrrole nitrogens is 2. The van der Waals surface area contributed by atoms with Crippen molar-refractivity contribution in [1.82, 2.24) is 15.3 Å². The van der Waals surface area contributed by atoms with Gasteiger partial charge in [-0.15, -0.1) is 0 Å². The van der Waals surface area contributed by atoms with Gasteiger partial charge in [0.15, 0.2) is 0 Å². The van der Waals surface area contributed by atoms with E-state index in [1.165, 1.54) is 18.3 Å². The summed E-state index contributed by atoms with van der Waals surface area (Å²) in [6.45, 7) is 0.0483. The van der Waals surface area contributed by atoms with Crippen LogP contribution in [0.2, 0.25) is 0 Å². The van der Waals surface area contributed by atoms with Crippen molar-refractivity contribution in [2.75, 3.05) is 5.32 Å². The number of amides is 2. The molecule has 0 aliphatic heterocycles. The first-order chi connectivity index (χ1) is 12.5. The van der Waals surface area contributed by atoms with Crippen LogP contribution in [0.4, 0.5) is 10.1 Å². The lowest BCUT2D eigenvalue weighted by atomic mass is 10.1. The second-order valence-electron chi connectivity index (χ2n) is 5.47. The Morgan fingerprint density at radius 2 is 1.85 bits per heavy atom. The van der Waals surface area contributed by atoms with Gasteiger partial charge in [-0.1, -0.05) is 24.3 Å². The average Bonchev–Trinajstić information content (AvgIpc) is 3.07. The predicted octanol–water partition coefficient (Wildman–Crippen LogP) is 2.02. The van der Waals surface area contributed by atoms with E-state index in [1.54, 1.807) is 36.4 Å². The molecule has 0 fully saturated rings. The number of halogens is 1. The van der Waals surface area contributed by atoms with E-state index in [2.05, 4.69) is 20.6 Å². The fourth-order valence-electron chi connectivity index (χ4n) is 2.31. The Morgan fingerprint density at radius 3 is 2.58 bits per heavy atom. The van der Waals surface area contributed by atoms with Crippen molar-refractivity contribution in [2.45, 2.75) is 6.54 Å². The largest absolute Gasteiger partial charge is 0.348 e. The molecule has 8 heteroatoms. The predicted molar refractivity (Wildman–Crippen MR) is 93.4 cm³/mol. The summed E-state index contributed by atoms with van der Waals surface area (Å²) < 4.78 is 13.6. The van der Waals surface area contributed by atoms with E-state index in [4.69, 9.17) is 0 Å². The van der Waals surface area contributed by atoms with Gasteiger partial charge in [0.05, 0.1) is 0 Å². The molecule has 0 atom stereocenters. The smallest absolute Gasteiger partial charge is 0.323 e. The van der Waals surface area contributed by atoms with E-state index in [9.17, 15) is 18.8 Å². The molecular formula is C18H15FN4O3. The van der Waals surface area contributed by atoms with E-state index < -0.39 is 23.3 Å². The molecule has 1 aromatic heterocycles. The number of aromatic amines is 2. The number of hydrogen-bond acceptors (Lipinski definition) is 3. The summed E-state index contributed by atoms with van der Waals surface area (Å²) in [7, 11) is 0. The second kappa shape index (κ2) is 7.47. The van der Waals surface area contributed by atoms with Crippen molar-refractivity contribution in [1.29, 1.82) is 0 Å². The number of nitrogens with one attached hydrogen (secondary N) is 4. The third-order valence-corrected chi connectivity index (χ3v) is 3.62. The zero-order valence-corrected chi connectivity index (χ0v) is 13.5. The van der Waals surface area contributed by atoms with Gasteiger partial charge in [-0.2, -0.15) is 0 Å². The molecule has 0 aliphatic carbocycles. The first-order valence-corrected chi connectivity index (χ1v) is 7.73. The molecule has 3 rings (SSSR count). The number of aromatic nitrogens is 2. The van der Waals surface area contributed by atoms with Crippen LogP contribution in [0.15, 0.2) is 59.5 Å². The molecular weight excluding hydrogens is 339 g/mol. The average molecular weight is 354 g/mol. The maximum atomic E-state index is 13.6. The number of carbonyl (C=O) groups excluding carboxylic acids is 2. The quantitative estimate of drug-likeness (QED) is 0.563. The maximum absolute atomic E-state index is 13.6. The second-order valence-corrected chi connectivity index (χ2v) is 5.47. The van der Waals surface area contributed by atoms with E-state index in [-0.39, 0.29) is 12.2 Å². The first-order valence-electron chi connectivity index (χ1n) is 7.73. The van der Waals surface area contributed by atoms with Crippen LogP contribution in [0.1, 0.15) is 26.4 Å². The van der Waals surface area contributed by atoms with Crippen LogP contribution in [0.5, 0.6) is 0 Å². The normalized spacial score (nSPS) is 10.3. The summed E-state index contributed by atoms with van der Waals surface area (Å²) in [6.07, 6.45) is 1.25. The number of carbonyl (C=O) groups is 2. The molecule has 0 spiro atoms. The molecule has 0 unspecified atom stereocenters. The van der Waals surface area contributed by atoms with Gasteiger partial charge in [-0.05, 0) is 24.3 Å². The lowest BCUT2D eigenvalue weighted by molar-refractivity contribution is 0.0949. The molecule has 7 nitrogen and oxygen atoms in total. The van der Waals surface area contributed by atoms with E-state index in [0.29, 0.717) is 16.8 Å². The molecule has 1 heterocycles. The van der Waals surface area contributed by atoms with Crippen LogP contribution in [0.25, 0.3) is 0 Å². The third kappa shape index (κ3) is 4.04. The highest BCUT2D eigenvalue weighted by Crippen LogP contribution is 2.12. The third-order valence-electron chi connectivity index (χ3n) is 3.62. The van der Waals surface area contributed by atoms with Crippen LogP contribution >= 0.6 is 0 Å². The highest BCUT2D eigenvalue weighted by Gasteiger charge is 2.11. The summed E-state index contributed by atoms with van der Waals surface area (Å²) in [4.78, 5) is 40.0. The monoisotopic (exact) mass is 354 g/mol. The Labute approximate surface area is 147 Å². The van der Waals surface area contributed by atoms with Crippen molar-refractivity contribution < 1.29 is 14.0 Å². The summed E-state index contributed by atoms with van der Waals surface area (Å²) >= 11 is 0. The fraction of sp³-hybridized carbons (Fsp3) is 0.0556. The van der Waals surface area contributed by atoms with Crippen LogP contribution in [0, 0.1) is 5.82 Å². The minimum absolute atomic E-state index is 0.0483. The molecule has 4 N–H and O–H groups in total. The maximum Gasteiger partial charge on any atom is 0.323 e. The molecule has 3 aromatic rings. The van der Waals surface area contributed by atoms with E-state index >= 15 is 0 Å². The molecule has 2 aromatic carbocycles. The summed E-state index contributed by atoms with van der Waals surface area (Å²) in [6, 6.07) is 12.4. The molecule has 26 heavy (non-hydrogen) atoms. The Bertz CT molecular complexity index is 1010. The number of rotatable bonds is 5. The molecule has 0 bridgehead atoms. The van der Waals surface area contributed by atoms with Gasteiger partial charge < -0.3 is 20.6 Å². The van der Waals surface area contributed by atoms with Gasteiger partial charge in [0.1, 0.15) is 11.5 Å². The van der Waals surface area contributed by atoms with Crippen LogP contribution in [0.3, 0.4) is 0 Å². The Kier molecular flexibility index (Phi) is 4.93. The van der Waals surface area contributed by atoms with Crippen molar-refractivity contribution in [3.8, 4) is 0 Å². The summed E-state index contributed by atoms with van der Waals surface area (Å²) in [5, 5.41) is 5.21. The topological polar surface area (TPSA) is 107 Å². The van der Waals surface area contributed by atoms with Crippen LogP contribution < -0.4 is 16.3 Å². The lowest BCUT2D eigenvalue weighted by Gasteiger charge is -2.08. The van der Waals surface area contributed by atoms with Gasteiger partial charge >= 0.3 is 5.69 Å². The minimum atomic E-state index is -0.521. The molecule has 0 saturated carbocycles. The van der Waals surface area contributed by atoms with Crippen molar-refractivity contribution in [2.24, 2.45) is 0 Å². The number of benzene rings is 2. The Balaban J connectivity index is 1.66. The van der Waals surface area contributed by atoms with Gasteiger partial charge in [0.2, 0.25) is 0 Å². The number of anilines is 1. The highest BCUT2D eigenvalue weighted by atomic mass is 19.1. The number of imidazole rings is 1. The molecule has 0 aliphatic rings. The highest BCUT2D eigenvalue weighted by molar-refractivity contribution is 6.03. The summed E-state index contributed by atoms with van der Waals surface area (Å²) in [5.74, 6) is -1.32. The molecule has 0 saturated heterocycles. The van der Waals surface area contributed by atoms with Gasteiger partial charge in [-0.25, -0.2) is 9.18 Å². The van der Waals surface area contributed by atoms with E-state index in [1.807, 2.05) is 0 Å². The molecule has 132 valence electrons. The zero-order valence-electron chi connectivity index (χ0n) is 13.5. The fourth-order valence-corrected chi connectivity index (χ4v) is 2.31. The van der Waals surface area contributed by atoms with Crippen LogP contribution in [-0.2, 0) is 6.54 Å². The SMILES string of the molecule is O=C(NCc1ccccc1F)c1cccc(NC(=O)c2c[nH]c(=O)[nH]2)c1. The van der Waals surface area contributed by atoms with Crippen molar-refractivity contribution in [3.05, 3.63) is 87.9 Å². The number of hydrogen-bond donors (Lipinski definition) is 4. The Hall–Kier alpha value is -3.68. The van der Waals surface area contributed by atoms with Crippen LogP contribution in [-0.4, -0.2) is 21.8 Å².